The van der Waals surface area contributed by atoms with Gasteiger partial charge in [0.25, 0.3) is 0 Å². The molecular formula is C25H21ClP+. The minimum absolute atomic E-state index is 0.766. The van der Waals surface area contributed by atoms with E-state index in [4.69, 9.17) is 11.6 Å². The van der Waals surface area contributed by atoms with E-state index in [1.54, 1.807) is 0 Å². The summed E-state index contributed by atoms with van der Waals surface area (Å²) in [6.07, 6.45) is 0. The van der Waals surface area contributed by atoms with Gasteiger partial charge in [0.15, 0.2) is 0 Å². The van der Waals surface area contributed by atoms with Gasteiger partial charge in [0.2, 0.25) is 0 Å². The van der Waals surface area contributed by atoms with Crippen LogP contribution < -0.4 is 15.9 Å². The monoisotopic (exact) mass is 387 g/mol. The van der Waals surface area contributed by atoms with Crippen LogP contribution in [0.25, 0.3) is 11.1 Å². The van der Waals surface area contributed by atoms with Gasteiger partial charge in [-0.05, 0) is 48.0 Å². The Kier molecular flexibility index (Phi) is 5.12. The van der Waals surface area contributed by atoms with Gasteiger partial charge in [-0.15, -0.1) is 0 Å². The third-order valence-corrected chi connectivity index (χ3v) is 9.32. The van der Waals surface area contributed by atoms with Crippen LogP contribution in [0.3, 0.4) is 0 Å². The minimum atomic E-state index is -1.79. The summed E-state index contributed by atoms with van der Waals surface area (Å²) in [6, 6.07) is 38.7. The van der Waals surface area contributed by atoms with Crippen molar-refractivity contribution in [3.05, 3.63) is 114 Å². The molecule has 0 unspecified atom stereocenters. The molecule has 0 nitrogen and oxygen atoms in total. The molecule has 0 bridgehead atoms. The third kappa shape index (κ3) is 3.44. The lowest BCUT2D eigenvalue weighted by Gasteiger charge is -2.25. The van der Waals surface area contributed by atoms with Gasteiger partial charge < -0.3 is 0 Å². The summed E-state index contributed by atoms with van der Waals surface area (Å²) in [6.45, 7) is 2.42. The van der Waals surface area contributed by atoms with E-state index in [-0.39, 0.29) is 0 Å². The van der Waals surface area contributed by atoms with Crippen LogP contribution >= 0.6 is 18.9 Å². The molecule has 4 aromatic rings. The van der Waals surface area contributed by atoms with Crippen LogP contribution in [0.15, 0.2) is 109 Å². The van der Waals surface area contributed by atoms with Gasteiger partial charge in [-0.1, -0.05) is 78.3 Å². The lowest BCUT2D eigenvalue weighted by molar-refractivity contribution is 1.64. The lowest BCUT2D eigenvalue weighted by atomic mass is 10.1. The fraction of sp³-hybridized carbons (Fsp3) is 0.0400. The maximum atomic E-state index is 6.30. The van der Waals surface area contributed by atoms with Crippen molar-refractivity contribution in [2.75, 3.05) is 6.66 Å². The zero-order valence-electron chi connectivity index (χ0n) is 15.2. The molecule has 0 spiro atoms. The number of halogens is 1. The molecule has 0 saturated heterocycles. The van der Waals surface area contributed by atoms with Crippen LogP contribution in [-0.2, 0) is 0 Å². The number of benzene rings is 4. The van der Waals surface area contributed by atoms with Crippen LogP contribution in [0.1, 0.15) is 0 Å². The van der Waals surface area contributed by atoms with E-state index >= 15 is 0 Å². The molecule has 27 heavy (non-hydrogen) atoms. The summed E-state index contributed by atoms with van der Waals surface area (Å²) in [4.78, 5) is 0. The van der Waals surface area contributed by atoms with E-state index in [0.29, 0.717) is 0 Å². The molecular weight excluding hydrogens is 367 g/mol. The maximum absolute atomic E-state index is 6.30. The molecule has 0 saturated carbocycles. The largest absolute Gasteiger partial charge is 0.112 e. The Morgan fingerprint density at radius 1 is 0.593 bits per heavy atom. The molecule has 0 aliphatic rings. The summed E-state index contributed by atoms with van der Waals surface area (Å²) in [5.41, 5.74) is 2.42. The Balaban J connectivity index is 2.01. The molecule has 0 radical (unpaired) electrons. The number of hydrogen-bond acceptors (Lipinski definition) is 0. The molecule has 0 N–H and O–H groups in total. The van der Waals surface area contributed by atoms with Gasteiger partial charge in [-0.2, -0.15) is 0 Å². The summed E-state index contributed by atoms with van der Waals surface area (Å²) < 4.78 is 0. The van der Waals surface area contributed by atoms with Crippen LogP contribution in [0.4, 0.5) is 0 Å². The van der Waals surface area contributed by atoms with E-state index < -0.39 is 7.26 Å². The molecule has 0 fully saturated rings. The van der Waals surface area contributed by atoms with Gasteiger partial charge in [-0.25, -0.2) is 0 Å². The predicted molar refractivity (Wildman–Crippen MR) is 122 cm³/mol. The standard InChI is InChI=1S/C25H21ClP/c1-27(22-13-4-2-5-14-22,23-15-6-3-7-16-23)25-18-9-8-17-24(25)20-11-10-12-21(26)19-20/h2-19H,1H3/q+1. The highest BCUT2D eigenvalue weighted by Crippen LogP contribution is 2.53. The van der Waals surface area contributed by atoms with Crippen LogP contribution in [0, 0.1) is 0 Å². The Bertz CT molecular complexity index is 1000. The molecule has 4 aromatic carbocycles. The SMILES string of the molecule is C[P+](c1ccccc1)(c1ccccc1)c1ccccc1-c1cccc(Cl)c1. The highest BCUT2D eigenvalue weighted by Gasteiger charge is 2.41. The molecule has 0 aliphatic heterocycles. The fourth-order valence-electron chi connectivity index (χ4n) is 3.64. The summed E-state index contributed by atoms with van der Waals surface area (Å²) in [5, 5.41) is 4.91. The van der Waals surface area contributed by atoms with Crippen molar-refractivity contribution in [3.63, 3.8) is 0 Å². The van der Waals surface area contributed by atoms with E-state index in [0.717, 1.165) is 10.6 Å². The third-order valence-electron chi connectivity index (χ3n) is 5.07. The van der Waals surface area contributed by atoms with Crippen molar-refractivity contribution in [1.29, 1.82) is 0 Å². The zero-order valence-corrected chi connectivity index (χ0v) is 16.9. The maximum Gasteiger partial charge on any atom is 0.112 e. The minimum Gasteiger partial charge on any atom is -0.0843 e. The van der Waals surface area contributed by atoms with Gasteiger partial charge >= 0.3 is 0 Å². The average molecular weight is 388 g/mol. The van der Waals surface area contributed by atoms with E-state index in [2.05, 4.69) is 104 Å². The number of rotatable bonds is 4. The molecule has 2 heteroatoms. The van der Waals surface area contributed by atoms with Crippen LogP contribution in [-0.4, -0.2) is 6.66 Å². The van der Waals surface area contributed by atoms with Crippen molar-refractivity contribution in [2.24, 2.45) is 0 Å². The average Bonchev–Trinajstić information content (AvgIpc) is 2.74. The van der Waals surface area contributed by atoms with Crippen molar-refractivity contribution >= 4 is 34.8 Å². The second-order valence-electron chi connectivity index (χ2n) is 6.70. The summed E-state index contributed by atoms with van der Waals surface area (Å²) in [5.74, 6) is 0. The smallest absolute Gasteiger partial charge is 0.0843 e. The molecule has 0 aliphatic carbocycles. The molecule has 132 valence electrons. The molecule has 0 amide bonds. The first-order valence-corrected chi connectivity index (χ1v) is 11.6. The zero-order chi connectivity index (χ0) is 18.7. The Hall–Kier alpha value is -2.40. The van der Waals surface area contributed by atoms with Gasteiger partial charge in [0.1, 0.15) is 23.2 Å². The van der Waals surface area contributed by atoms with E-state index in [9.17, 15) is 0 Å². The first-order chi connectivity index (χ1) is 13.2. The predicted octanol–water partition coefficient (Wildman–Crippen LogP) is 5.93. The van der Waals surface area contributed by atoms with Crippen LogP contribution in [0.5, 0.6) is 0 Å². The molecule has 0 heterocycles. The van der Waals surface area contributed by atoms with Crippen molar-refractivity contribution < 1.29 is 0 Å². The highest BCUT2D eigenvalue weighted by molar-refractivity contribution is 7.95. The Morgan fingerprint density at radius 3 is 1.74 bits per heavy atom. The first kappa shape index (κ1) is 18.0. The van der Waals surface area contributed by atoms with Gasteiger partial charge in [0.05, 0.1) is 6.66 Å². The highest BCUT2D eigenvalue weighted by atomic mass is 35.5. The molecule has 0 aromatic heterocycles. The second kappa shape index (κ2) is 7.69. The molecule has 4 rings (SSSR count). The first-order valence-electron chi connectivity index (χ1n) is 9.03. The number of hydrogen-bond donors (Lipinski definition) is 0. The lowest BCUT2D eigenvalue weighted by Crippen LogP contribution is -2.31. The quantitative estimate of drug-likeness (QED) is 0.381. The normalized spacial score (nSPS) is 11.3. The van der Waals surface area contributed by atoms with Gasteiger partial charge in [0, 0.05) is 10.6 Å². The van der Waals surface area contributed by atoms with Crippen molar-refractivity contribution in [2.45, 2.75) is 0 Å². The van der Waals surface area contributed by atoms with Gasteiger partial charge in [-0.3, -0.25) is 0 Å². The fourth-order valence-corrected chi connectivity index (χ4v) is 7.29. The van der Waals surface area contributed by atoms with E-state index in [1.807, 2.05) is 12.1 Å². The summed E-state index contributed by atoms with van der Waals surface area (Å²) in [7, 11) is -1.79. The second-order valence-corrected chi connectivity index (χ2v) is 10.7. The van der Waals surface area contributed by atoms with Crippen molar-refractivity contribution in [1.82, 2.24) is 0 Å². The molecule has 0 atom stereocenters. The van der Waals surface area contributed by atoms with E-state index in [1.165, 1.54) is 21.5 Å². The van der Waals surface area contributed by atoms with Crippen LogP contribution in [0.2, 0.25) is 5.02 Å². The van der Waals surface area contributed by atoms with Crippen molar-refractivity contribution in [3.8, 4) is 11.1 Å². The topological polar surface area (TPSA) is 0 Å². The Labute approximate surface area is 166 Å². The Morgan fingerprint density at radius 2 is 1.15 bits per heavy atom. The summed E-state index contributed by atoms with van der Waals surface area (Å²) >= 11 is 6.30.